The van der Waals surface area contributed by atoms with Crippen LogP contribution in [0.5, 0.6) is 0 Å². The van der Waals surface area contributed by atoms with Gasteiger partial charge in [0.25, 0.3) is 0 Å². The second kappa shape index (κ2) is 7.34. The van der Waals surface area contributed by atoms with Crippen molar-refractivity contribution in [1.29, 1.82) is 5.26 Å². The average Bonchev–Trinajstić information content (AvgIpc) is 2.19. The van der Waals surface area contributed by atoms with Crippen molar-refractivity contribution in [2.24, 2.45) is 0 Å². The first kappa shape index (κ1) is 12.9. The highest BCUT2D eigenvalue weighted by molar-refractivity contribution is 5.85. The molecule has 0 aromatic heterocycles. The molecule has 2 N–H and O–H groups in total. The van der Waals surface area contributed by atoms with Gasteiger partial charge in [0.1, 0.15) is 0 Å². The summed E-state index contributed by atoms with van der Waals surface area (Å²) in [5.74, 6) is 0. The van der Waals surface area contributed by atoms with Gasteiger partial charge in [0.15, 0.2) is 0 Å². The van der Waals surface area contributed by atoms with Crippen LogP contribution in [0.3, 0.4) is 0 Å². The molecule has 0 fully saturated rings. The first-order valence-corrected chi connectivity index (χ1v) is 4.15. The predicted octanol–water partition coefficient (Wildman–Crippen LogP) is 1.25. The van der Waals surface area contributed by atoms with E-state index in [-0.39, 0.29) is 19.0 Å². The number of hydrogen-bond donors (Lipinski definition) is 2. The van der Waals surface area contributed by atoms with E-state index in [1.165, 1.54) is 0 Å². The maximum Gasteiger partial charge on any atom is 0.0914 e. The lowest BCUT2D eigenvalue weighted by molar-refractivity contribution is 0.176. The molecule has 4 heteroatoms. The lowest BCUT2D eigenvalue weighted by Gasteiger charge is -2.09. The highest BCUT2D eigenvalue weighted by Gasteiger charge is 2.04. The van der Waals surface area contributed by atoms with E-state index in [9.17, 15) is 5.11 Å². The molecule has 0 bridgehead atoms. The molecule has 1 aromatic carbocycles. The molecule has 0 aliphatic rings. The van der Waals surface area contributed by atoms with Gasteiger partial charge < -0.3 is 10.4 Å². The van der Waals surface area contributed by atoms with Crippen LogP contribution in [0.15, 0.2) is 30.3 Å². The van der Waals surface area contributed by atoms with Crippen molar-refractivity contribution >= 4 is 12.4 Å². The number of nitrogens with one attached hydrogen (secondary N) is 1. The Balaban J connectivity index is 0.00000169. The molecule has 0 spiro atoms. The van der Waals surface area contributed by atoms with Crippen LogP contribution in [0, 0.1) is 11.3 Å². The minimum Gasteiger partial charge on any atom is -0.387 e. The third-order valence-electron chi connectivity index (χ3n) is 1.73. The molecule has 1 aromatic rings. The number of aliphatic hydroxyl groups excluding tert-OH is 1. The zero-order valence-corrected chi connectivity index (χ0v) is 8.50. The van der Waals surface area contributed by atoms with Crippen LogP contribution in [0.1, 0.15) is 11.7 Å². The van der Waals surface area contributed by atoms with Gasteiger partial charge in [-0.05, 0) is 5.56 Å². The quantitative estimate of drug-likeness (QED) is 0.584. The number of halogens is 1. The number of hydrogen-bond acceptors (Lipinski definition) is 3. The zero-order valence-electron chi connectivity index (χ0n) is 7.68. The number of nitriles is 1. The first-order valence-electron chi connectivity index (χ1n) is 4.15. The minimum absolute atomic E-state index is 0. The highest BCUT2D eigenvalue weighted by atomic mass is 35.5. The monoisotopic (exact) mass is 212 g/mol. The Morgan fingerprint density at radius 1 is 1.36 bits per heavy atom. The normalized spacial score (nSPS) is 11.1. The van der Waals surface area contributed by atoms with Crippen molar-refractivity contribution in [1.82, 2.24) is 5.32 Å². The molecule has 3 nitrogen and oxygen atoms in total. The third kappa shape index (κ3) is 4.24. The molecule has 1 atom stereocenters. The summed E-state index contributed by atoms with van der Waals surface area (Å²) >= 11 is 0. The van der Waals surface area contributed by atoms with Crippen LogP contribution < -0.4 is 5.32 Å². The molecule has 0 heterocycles. The van der Waals surface area contributed by atoms with Crippen LogP contribution in [0.2, 0.25) is 0 Å². The summed E-state index contributed by atoms with van der Waals surface area (Å²) in [7, 11) is 0. The third-order valence-corrected chi connectivity index (χ3v) is 1.73. The standard InChI is InChI=1S/C10H12N2O.ClH/c11-6-7-12-8-10(13)9-4-2-1-3-5-9;/h1-5,10,12-13H,7-8H2;1H. The molecule has 1 unspecified atom stereocenters. The number of aliphatic hydroxyl groups is 1. The minimum atomic E-state index is -0.533. The molecule has 76 valence electrons. The first-order chi connectivity index (χ1) is 6.34. The van der Waals surface area contributed by atoms with Gasteiger partial charge in [-0.25, -0.2) is 0 Å². The fraction of sp³-hybridized carbons (Fsp3) is 0.300. The Morgan fingerprint density at radius 3 is 2.57 bits per heavy atom. The van der Waals surface area contributed by atoms with E-state index < -0.39 is 6.10 Å². The molecule has 0 radical (unpaired) electrons. The summed E-state index contributed by atoms with van der Waals surface area (Å²) in [6.07, 6.45) is -0.533. The fourth-order valence-corrected chi connectivity index (χ4v) is 1.06. The summed E-state index contributed by atoms with van der Waals surface area (Å²) in [5, 5.41) is 20.7. The van der Waals surface area contributed by atoms with Crippen molar-refractivity contribution in [3.05, 3.63) is 35.9 Å². The molecule has 1 rings (SSSR count). The zero-order chi connectivity index (χ0) is 9.52. The van der Waals surface area contributed by atoms with Crippen molar-refractivity contribution in [2.45, 2.75) is 6.10 Å². The van der Waals surface area contributed by atoms with E-state index in [0.29, 0.717) is 6.54 Å². The fourth-order valence-electron chi connectivity index (χ4n) is 1.06. The molecule has 0 aliphatic heterocycles. The molecule has 14 heavy (non-hydrogen) atoms. The summed E-state index contributed by atoms with van der Waals surface area (Å²) in [6.45, 7) is 0.682. The van der Waals surface area contributed by atoms with Crippen LogP contribution >= 0.6 is 12.4 Å². The van der Waals surface area contributed by atoms with Gasteiger partial charge in [0, 0.05) is 6.54 Å². The van der Waals surface area contributed by atoms with Gasteiger partial charge in [-0.1, -0.05) is 30.3 Å². The van der Waals surface area contributed by atoms with E-state index in [4.69, 9.17) is 5.26 Å². The Bertz CT molecular complexity index is 284. The van der Waals surface area contributed by atoms with Crippen LogP contribution in [0.4, 0.5) is 0 Å². The lowest BCUT2D eigenvalue weighted by Crippen LogP contribution is -2.21. The summed E-state index contributed by atoms with van der Waals surface area (Å²) in [5.41, 5.74) is 0.868. The number of rotatable bonds is 4. The van der Waals surface area contributed by atoms with Crippen molar-refractivity contribution in [2.75, 3.05) is 13.1 Å². The van der Waals surface area contributed by atoms with E-state index in [2.05, 4.69) is 5.32 Å². The molecular formula is C10H13ClN2O. The summed E-state index contributed by atoms with van der Waals surface area (Å²) in [6, 6.07) is 11.3. The summed E-state index contributed by atoms with van der Waals surface area (Å²) < 4.78 is 0. The van der Waals surface area contributed by atoms with Gasteiger partial charge >= 0.3 is 0 Å². The molecule has 0 saturated carbocycles. The van der Waals surface area contributed by atoms with Gasteiger partial charge in [-0.3, -0.25) is 0 Å². The average molecular weight is 213 g/mol. The largest absolute Gasteiger partial charge is 0.387 e. The van der Waals surface area contributed by atoms with Crippen molar-refractivity contribution in [3.63, 3.8) is 0 Å². The van der Waals surface area contributed by atoms with Crippen LogP contribution in [-0.4, -0.2) is 18.2 Å². The van der Waals surface area contributed by atoms with E-state index in [0.717, 1.165) is 5.56 Å². The molecular weight excluding hydrogens is 200 g/mol. The topological polar surface area (TPSA) is 56.0 Å². The Hall–Kier alpha value is -1.08. The molecule has 0 aliphatic carbocycles. The van der Waals surface area contributed by atoms with E-state index >= 15 is 0 Å². The maximum atomic E-state index is 9.58. The second-order valence-electron chi connectivity index (χ2n) is 2.72. The van der Waals surface area contributed by atoms with Gasteiger partial charge in [0.05, 0.1) is 18.7 Å². The van der Waals surface area contributed by atoms with Gasteiger partial charge in [-0.2, -0.15) is 5.26 Å². The van der Waals surface area contributed by atoms with Crippen LogP contribution in [-0.2, 0) is 0 Å². The van der Waals surface area contributed by atoms with Crippen molar-refractivity contribution in [3.8, 4) is 6.07 Å². The highest BCUT2D eigenvalue weighted by Crippen LogP contribution is 2.09. The Labute approximate surface area is 89.8 Å². The van der Waals surface area contributed by atoms with E-state index in [1.807, 2.05) is 36.4 Å². The summed E-state index contributed by atoms with van der Waals surface area (Å²) in [4.78, 5) is 0. The van der Waals surface area contributed by atoms with Gasteiger partial charge in [-0.15, -0.1) is 12.4 Å². The maximum absolute atomic E-state index is 9.58. The number of benzene rings is 1. The molecule has 0 amide bonds. The van der Waals surface area contributed by atoms with Crippen molar-refractivity contribution < 1.29 is 5.11 Å². The smallest absolute Gasteiger partial charge is 0.0914 e. The van der Waals surface area contributed by atoms with Crippen LogP contribution in [0.25, 0.3) is 0 Å². The Kier molecular flexibility index (Phi) is 6.77. The molecule has 0 saturated heterocycles. The lowest BCUT2D eigenvalue weighted by atomic mass is 10.1. The van der Waals surface area contributed by atoms with E-state index in [1.54, 1.807) is 0 Å². The predicted molar refractivity (Wildman–Crippen MR) is 57.1 cm³/mol. The number of nitrogens with zero attached hydrogens (tertiary/aromatic N) is 1. The Morgan fingerprint density at radius 2 is 2.00 bits per heavy atom. The SMILES string of the molecule is Cl.N#CCNCC(O)c1ccccc1. The van der Waals surface area contributed by atoms with Gasteiger partial charge in [0.2, 0.25) is 0 Å². The second-order valence-corrected chi connectivity index (χ2v) is 2.72.